The van der Waals surface area contributed by atoms with Gasteiger partial charge in [0.1, 0.15) is 28.8 Å². The standard InChI is InChI=1S/C24H21FN2O5S2/c1-31-23-13-21-19(10-16(23)14-34(2,29)30)22(5-6-26-21)32-18-4-3-15(20(25)12-18)9-17(28)11-24-27-7-8-33-24/h3-8,10,12-13H,9,11,14H2,1-2H3. The monoisotopic (exact) mass is 500 g/mol. The zero-order valence-electron chi connectivity index (χ0n) is 18.4. The van der Waals surface area contributed by atoms with Crippen LogP contribution in [0.4, 0.5) is 4.39 Å². The highest BCUT2D eigenvalue weighted by atomic mass is 32.2. The van der Waals surface area contributed by atoms with Gasteiger partial charge in [-0.25, -0.2) is 17.8 Å². The Morgan fingerprint density at radius 3 is 2.53 bits per heavy atom. The Bertz CT molecular complexity index is 1450. The number of pyridine rings is 1. The van der Waals surface area contributed by atoms with E-state index in [4.69, 9.17) is 9.47 Å². The van der Waals surface area contributed by atoms with Gasteiger partial charge >= 0.3 is 0 Å². The summed E-state index contributed by atoms with van der Waals surface area (Å²) in [6.07, 6.45) is 4.43. The van der Waals surface area contributed by atoms with E-state index in [0.29, 0.717) is 33.0 Å². The number of sulfone groups is 1. The molecule has 10 heteroatoms. The quantitative estimate of drug-likeness (QED) is 0.333. The summed E-state index contributed by atoms with van der Waals surface area (Å²) in [6, 6.07) is 9.23. The molecule has 0 aliphatic carbocycles. The number of Topliss-reactive ketones (excluding diaryl/α,β-unsaturated/α-hetero) is 1. The van der Waals surface area contributed by atoms with E-state index in [1.807, 2.05) is 0 Å². The van der Waals surface area contributed by atoms with Crippen molar-refractivity contribution in [3.8, 4) is 17.2 Å². The molecule has 176 valence electrons. The van der Waals surface area contributed by atoms with E-state index in [0.717, 1.165) is 6.26 Å². The first-order valence-corrected chi connectivity index (χ1v) is 13.2. The second-order valence-corrected chi connectivity index (χ2v) is 10.9. The molecule has 7 nitrogen and oxygen atoms in total. The maximum absolute atomic E-state index is 14.7. The van der Waals surface area contributed by atoms with E-state index >= 15 is 0 Å². The summed E-state index contributed by atoms with van der Waals surface area (Å²) in [7, 11) is -1.85. The zero-order chi connectivity index (χ0) is 24.3. The Hall–Kier alpha value is -3.37. The number of hydrogen-bond acceptors (Lipinski definition) is 8. The van der Waals surface area contributed by atoms with Gasteiger partial charge in [-0.1, -0.05) is 6.07 Å². The van der Waals surface area contributed by atoms with E-state index in [1.165, 1.54) is 36.8 Å². The summed E-state index contributed by atoms with van der Waals surface area (Å²) in [5.41, 5.74) is 1.28. The molecule has 0 aliphatic rings. The van der Waals surface area contributed by atoms with Gasteiger partial charge in [0, 0.05) is 53.5 Å². The maximum atomic E-state index is 14.7. The lowest BCUT2D eigenvalue weighted by Crippen LogP contribution is -2.07. The van der Waals surface area contributed by atoms with Crippen LogP contribution in [0.1, 0.15) is 16.1 Å². The zero-order valence-corrected chi connectivity index (χ0v) is 20.1. The number of aromatic nitrogens is 2. The van der Waals surface area contributed by atoms with Crippen molar-refractivity contribution in [3.63, 3.8) is 0 Å². The lowest BCUT2D eigenvalue weighted by molar-refractivity contribution is -0.117. The molecule has 0 radical (unpaired) electrons. The third-order valence-electron chi connectivity index (χ3n) is 4.99. The van der Waals surface area contributed by atoms with Crippen molar-refractivity contribution < 1.29 is 27.1 Å². The van der Waals surface area contributed by atoms with Gasteiger partial charge < -0.3 is 9.47 Å². The normalized spacial score (nSPS) is 11.5. The number of benzene rings is 2. The van der Waals surface area contributed by atoms with Gasteiger partial charge in [-0.15, -0.1) is 11.3 Å². The number of carbonyl (C=O) groups is 1. The molecule has 0 saturated heterocycles. The molecule has 34 heavy (non-hydrogen) atoms. The molecule has 2 aromatic heterocycles. The largest absolute Gasteiger partial charge is 0.496 e. The van der Waals surface area contributed by atoms with Gasteiger partial charge in [0.25, 0.3) is 0 Å². The van der Waals surface area contributed by atoms with Gasteiger partial charge in [0.15, 0.2) is 9.84 Å². The molecule has 2 heterocycles. The maximum Gasteiger partial charge on any atom is 0.151 e. The van der Waals surface area contributed by atoms with Crippen molar-refractivity contribution in [1.29, 1.82) is 0 Å². The first-order valence-electron chi connectivity index (χ1n) is 10.2. The van der Waals surface area contributed by atoms with Crippen LogP contribution in [0.25, 0.3) is 10.9 Å². The molecule has 0 spiro atoms. The number of ether oxygens (including phenoxy) is 2. The van der Waals surface area contributed by atoms with Crippen LogP contribution in [0, 0.1) is 5.82 Å². The fraction of sp³-hybridized carbons (Fsp3) is 0.208. The molecule has 0 saturated carbocycles. The minimum Gasteiger partial charge on any atom is -0.496 e. The number of hydrogen-bond donors (Lipinski definition) is 0. The van der Waals surface area contributed by atoms with Gasteiger partial charge in [-0.05, 0) is 23.8 Å². The minimum absolute atomic E-state index is 0.0431. The summed E-state index contributed by atoms with van der Waals surface area (Å²) >= 11 is 1.38. The topological polar surface area (TPSA) is 95.4 Å². The molecular formula is C24H21FN2O5S2. The van der Waals surface area contributed by atoms with Crippen molar-refractivity contribution in [1.82, 2.24) is 9.97 Å². The highest BCUT2D eigenvalue weighted by molar-refractivity contribution is 7.89. The van der Waals surface area contributed by atoms with Gasteiger partial charge in [-0.3, -0.25) is 9.78 Å². The predicted octanol–water partition coefficient (Wildman–Crippen LogP) is 4.53. The van der Waals surface area contributed by atoms with E-state index in [1.54, 1.807) is 35.8 Å². The molecular weight excluding hydrogens is 479 g/mol. The number of carbonyl (C=O) groups excluding carboxylic acids is 1. The summed E-state index contributed by atoms with van der Waals surface area (Å²) < 4.78 is 49.6. The summed E-state index contributed by atoms with van der Waals surface area (Å²) in [4.78, 5) is 20.6. The predicted molar refractivity (Wildman–Crippen MR) is 128 cm³/mol. The number of thiazole rings is 1. The van der Waals surface area contributed by atoms with Crippen LogP contribution in [0.15, 0.2) is 54.2 Å². The summed E-state index contributed by atoms with van der Waals surface area (Å²) in [5, 5.41) is 3.05. The molecule has 4 rings (SSSR count). The lowest BCUT2D eigenvalue weighted by atomic mass is 10.1. The van der Waals surface area contributed by atoms with E-state index in [-0.39, 0.29) is 35.7 Å². The molecule has 0 atom stereocenters. The summed E-state index contributed by atoms with van der Waals surface area (Å²) in [6.45, 7) is 0. The second-order valence-electron chi connectivity index (χ2n) is 7.73. The third kappa shape index (κ3) is 5.75. The number of halogens is 1. The average Bonchev–Trinajstić information content (AvgIpc) is 3.27. The fourth-order valence-corrected chi connectivity index (χ4v) is 4.95. The Morgan fingerprint density at radius 2 is 1.85 bits per heavy atom. The van der Waals surface area contributed by atoms with Crippen LogP contribution >= 0.6 is 11.3 Å². The van der Waals surface area contributed by atoms with Crippen LogP contribution in [0.5, 0.6) is 17.2 Å². The van der Waals surface area contributed by atoms with Crippen LogP contribution in [-0.4, -0.2) is 37.5 Å². The lowest BCUT2D eigenvalue weighted by Gasteiger charge is -2.13. The Balaban J connectivity index is 1.58. The van der Waals surface area contributed by atoms with Crippen molar-refractivity contribution in [3.05, 3.63) is 76.1 Å². The Morgan fingerprint density at radius 1 is 1.03 bits per heavy atom. The summed E-state index contributed by atoms with van der Waals surface area (Å²) in [5.74, 6) is 0.132. The minimum atomic E-state index is -3.31. The van der Waals surface area contributed by atoms with E-state index in [9.17, 15) is 17.6 Å². The number of nitrogens with zero attached hydrogens (tertiary/aromatic N) is 2. The molecule has 0 unspecified atom stereocenters. The van der Waals surface area contributed by atoms with Crippen molar-refractivity contribution >= 4 is 37.9 Å². The smallest absolute Gasteiger partial charge is 0.151 e. The number of ketones is 1. The number of rotatable bonds is 9. The SMILES string of the molecule is COc1cc2nccc(Oc3ccc(CC(=O)Cc4nccs4)c(F)c3)c2cc1CS(C)(=O)=O. The van der Waals surface area contributed by atoms with E-state index < -0.39 is 15.7 Å². The van der Waals surface area contributed by atoms with Crippen molar-refractivity contribution in [2.45, 2.75) is 18.6 Å². The number of fused-ring (bicyclic) bond motifs is 1. The van der Waals surface area contributed by atoms with Crippen LogP contribution in [-0.2, 0) is 33.2 Å². The van der Waals surface area contributed by atoms with Gasteiger partial charge in [-0.2, -0.15) is 0 Å². The highest BCUT2D eigenvalue weighted by Gasteiger charge is 2.16. The molecule has 0 bridgehead atoms. The van der Waals surface area contributed by atoms with Crippen LogP contribution in [0.3, 0.4) is 0 Å². The molecule has 0 aliphatic heterocycles. The fourth-order valence-electron chi connectivity index (χ4n) is 3.51. The van der Waals surface area contributed by atoms with Gasteiger partial charge in [0.05, 0.1) is 29.8 Å². The first-order chi connectivity index (χ1) is 16.2. The molecule has 4 aromatic rings. The molecule has 2 aromatic carbocycles. The average molecular weight is 501 g/mol. The van der Waals surface area contributed by atoms with E-state index in [2.05, 4.69) is 9.97 Å². The number of methoxy groups -OCH3 is 1. The van der Waals surface area contributed by atoms with Crippen LogP contribution < -0.4 is 9.47 Å². The second kappa shape index (κ2) is 9.86. The molecule has 0 fully saturated rings. The Labute approximate surface area is 200 Å². The molecule has 0 N–H and O–H groups in total. The van der Waals surface area contributed by atoms with Crippen LogP contribution in [0.2, 0.25) is 0 Å². The molecule has 0 amide bonds. The third-order valence-corrected chi connectivity index (χ3v) is 6.61. The highest BCUT2D eigenvalue weighted by Crippen LogP contribution is 2.34. The van der Waals surface area contributed by atoms with Crippen molar-refractivity contribution in [2.75, 3.05) is 13.4 Å². The first kappa shape index (κ1) is 23.8. The van der Waals surface area contributed by atoms with Gasteiger partial charge in [0.2, 0.25) is 0 Å². The Kier molecular flexibility index (Phi) is 6.90. The van der Waals surface area contributed by atoms with Crippen molar-refractivity contribution in [2.24, 2.45) is 0 Å².